The van der Waals surface area contributed by atoms with Crippen LogP contribution in [0.1, 0.15) is 21.5 Å². The van der Waals surface area contributed by atoms with Crippen molar-refractivity contribution in [1.29, 1.82) is 0 Å². The maximum Gasteiger partial charge on any atom is 0.338 e. The van der Waals surface area contributed by atoms with E-state index in [1.54, 1.807) is 13.0 Å². The number of rotatable bonds is 3. The van der Waals surface area contributed by atoms with Gasteiger partial charge in [0.25, 0.3) is 5.91 Å². The Labute approximate surface area is 99.9 Å². The minimum absolute atomic E-state index is 0.289. The Morgan fingerprint density at radius 2 is 1.94 bits per heavy atom. The maximum atomic E-state index is 11.7. The Bertz CT molecular complexity index is 455. The van der Waals surface area contributed by atoms with E-state index in [0.29, 0.717) is 11.3 Å². The highest BCUT2D eigenvalue weighted by Gasteiger charge is 2.13. The molecule has 1 aromatic carbocycles. The van der Waals surface area contributed by atoms with Crippen molar-refractivity contribution in [3.8, 4) is 0 Å². The summed E-state index contributed by atoms with van der Waals surface area (Å²) in [5.41, 5.74) is 8.32. The number of carbonyl (C=O) groups excluding carboxylic acids is 2. The lowest BCUT2D eigenvalue weighted by atomic mass is 10.0. The molecule has 0 saturated carbocycles. The summed E-state index contributed by atoms with van der Waals surface area (Å²) in [6.07, 6.45) is 0. The smallest absolute Gasteiger partial charge is 0.338 e. The minimum Gasteiger partial charge on any atom is -0.452 e. The molecule has 5 nitrogen and oxygen atoms in total. The number of nitrogen functional groups attached to an aromatic ring is 1. The van der Waals surface area contributed by atoms with E-state index in [4.69, 9.17) is 10.5 Å². The molecule has 0 aliphatic heterocycles. The van der Waals surface area contributed by atoms with Crippen LogP contribution in [0.15, 0.2) is 12.1 Å². The van der Waals surface area contributed by atoms with Crippen molar-refractivity contribution in [3.63, 3.8) is 0 Å². The normalized spacial score (nSPS) is 9.82. The first-order chi connectivity index (χ1) is 7.95. The van der Waals surface area contributed by atoms with Gasteiger partial charge in [0.1, 0.15) is 0 Å². The zero-order valence-corrected chi connectivity index (χ0v) is 10.2. The second-order valence-electron chi connectivity index (χ2n) is 3.77. The van der Waals surface area contributed by atoms with E-state index >= 15 is 0 Å². The zero-order chi connectivity index (χ0) is 13.0. The van der Waals surface area contributed by atoms with E-state index in [2.05, 4.69) is 5.32 Å². The van der Waals surface area contributed by atoms with Gasteiger partial charge in [-0.05, 0) is 31.0 Å². The maximum absolute atomic E-state index is 11.7. The number of esters is 1. The van der Waals surface area contributed by atoms with Gasteiger partial charge in [-0.2, -0.15) is 0 Å². The molecule has 3 N–H and O–H groups in total. The quantitative estimate of drug-likeness (QED) is 0.600. The summed E-state index contributed by atoms with van der Waals surface area (Å²) in [7, 11) is 1.48. The van der Waals surface area contributed by atoms with Gasteiger partial charge in [-0.3, -0.25) is 4.79 Å². The first-order valence-corrected chi connectivity index (χ1v) is 5.20. The molecule has 1 aromatic rings. The van der Waals surface area contributed by atoms with E-state index in [1.165, 1.54) is 7.05 Å². The predicted octanol–water partition coefficient (Wildman–Crippen LogP) is 0.788. The van der Waals surface area contributed by atoms with Crippen LogP contribution < -0.4 is 11.1 Å². The Balaban J connectivity index is 2.82. The SMILES string of the molecule is CNC(=O)COC(=O)c1cc(N)c(C)cc1C. The zero-order valence-electron chi connectivity index (χ0n) is 10.2. The monoisotopic (exact) mass is 236 g/mol. The molecule has 17 heavy (non-hydrogen) atoms. The van der Waals surface area contributed by atoms with E-state index in [0.717, 1.165) is 11.1 Å². The molecule has 0 saturated heterocycles. The average molecular weight is 236 g/mol. The first kappa shape index (κ1) is 13.0. The molecular weight excluding hydrogens is 220 g/mol. The summed E-state index contributed by atoms with van der Waals surface area (Å²) in [5.74, 6) is -0.895. The molecule has 0 bridgehead atoms. The number of nitrogens with one attached hydrogen (secondary N) is 1. The van der Waals surface area contributed by atoms with Crippen LogP contribution in [0.4, 0.5) is 5.69 Å². The molecule has 92 valence electrons. The molecule has 0 unspecified atom stereocenters. The lowest BCUT2D eigenvalue weighted by molar-refractivity contribution is -0.123. The Hall–Kier alpha value is -2.04. The van der Waals surface area contributed by atoms with Crippen molar-refractivity contribution in [2.24, 2.45) is 0 Å². The van der Waals surface area contributed by atoms with Crippen molar-refractivity contribution in [3.05, 3.63) is 28.8 Å². The van der Waals surface area contributed by atoms with Crippen LogP contribution in [0, 0.1) is 13.8 Å². The van der Waals surface area contributed by atoms with Crippen LogP contribution >= 0.6 is 0 Å². The van der Waals surface area contributed by atoms with Gasteiger partial charge in [-0.25, -0.2) is 4.79 Å². The summed E-state index contributed by atoms with van der Waals surface area (Å²) in [6, 6.07) is 3.38. The van der Waals surface area contributed by atoms with Crippen LogP contribution in [-0.2, 0) is 9.53 Å². The van der Waals surface area contributed by atoms with Gasteiger partial charge in [-0.1, -0.05) is 6.07 Å². The van der Waals surface area contributed by atoms with Gasteiger partial charge in [0.2, 0.25) is 0 Å². The Morgan fingerprint density at radius 3 is 2.53 bits per heavy atom. The van der Waals surface area contributed by atoms with Crippen molar-refractivity contribution >= 4 is 17.6 Å². The molecule has 0 heterocycles. The molecule has 0 spiro atoms. The number of amides is 1. The number of ether oxygens (including phenoxy) is 1. The molecular formula is C12H16N2O3. The number of benzene rings is 1. The fourth-order valence-electron chi connectivity index (χ4n) is 1.37. The molecule has 0 aliphatic carbocycles. The molecule has 0 fully saturated rings. The number of anilines is 1. The number of hydrogen-bond acceptors (Lipinski definition) is 4. The van der Waals surface area contributed by atoms with Gasteiger partial charge in [0.15, 0.2) is 6.61 Å². The second-order valence-corrected chi connectivity index (χ2v) is 3.77. The number of aryl methyl sites for hydroxylation is 2. The Kier molecular flexibility index (Phi) is 4.09. The number of carbonyl (C=O) groups is 2. The predicted molar refractivity (Wildman–Crippen MR) is 64.7 cm³/mol. The van der Waals surface area contributed by atoms with Crippen LogP contribution in [0.3, 0.4) is 0 Å². The van der Waals surface area contributed by atoms with E-state index < -0.39 is 5.97 Å². The lowest BCUT2D eigenvalue weighted by Gasteiger charge is -2.09. The number of likely N-dealkylation sites (N-methyl/N-ethyl adjacent to an activating group) is 1. The highest BCUT2D eigenvalue weighted by atomic mass is 16.5. The summed E-state index contributed by atoms with van der Waals surface area (Å²) >= 11 is 0. The third kappa shape index (κ3) is 3.21. The fourth-order valence-corrected chi connectivity index (χ4v) is 1.37. The van der Waals surface area contributed by atoms with Gasteiger partial charge in [0.05, 0.1) is 5.56 Å². The van der Waals surface area contributed by atoms with E-state index in [-0.39, 0.29) is 12.5 Å². The third-order valence-electron chi connectivity index (χ3n) is 2.45. The van der Waals surface area contributed by atoms with Crippen LogP contribution in [0.25, 0.3) is 0 Å². The minimum atomic E-state index is -0.544. The van der Waals surface area contributed by atoms with Crippen LogP contribution in [0.2, 0.25) is 0 Å². The second kappa shape index (κ2) is 5.34. The van der Waals surface area contributed by atoms with Gasteiger partial charge in [0, 0.05) is 12.7 Å². The highest BCUT2D eigenvalue weighted by Crippen LogP contribution is 2.18. The molecule has 5 heteroatoms. The molecule has 1 rings (SSSR count). The number of hydrogen-bond donors (Lipinski definition) is 2. The first-order valence-electron chi connectivity index (χ1n) is 5.20. The van der Waals surface area contributed by atoms with E-state index in [9.17, 15) is 9.59 Å². The third-order valence-corrected chi connectivity index (χ3v) is 2.45. The van der Waals surface area contributed by atoms with Crippen molar-refractivity contribution < 1.29 is 14.3 Å². The van der Waals surface area contributed by atoms with Crippen LogP contribution in [-0.4, -0.2) is 25.5 Å². The largest absolute Gasteiger partial charge is 0.452 e. The van der Waals surface area contributed by atoms with Crippen molar-refractivity contribution in [2.45, 2.75) is 13.8 Å². The summed E-state index contributed by atoms with van der Waals surface area (Å²) in [5, 5.41) is 2.37. The van der Waals surface area contributed by atoms with Crippen molar-refractivity contribution in [1.82, 2.24) is 5.32 Å². The summed E-state index contributed by atoms with van der Waals surface area (Å²) < 4.78 is 4.85. The molecule has 0 atom stereocenters. The summed E-state index contributed by atoms with van der Waals surface area (Å²) in [4.78, 5) is 22.6. The lowest BCUT2D eigenvalue weighted by Crippen LogP contribution is -2.25. The standard InChI is InChI=1S/C12H16N2O3/c1-7-4-8(2)10(13)5-9(7)12(16)17-6-11(15)14-3/h4-5H,6,13H2,1-3H3,(H,14,15). The topological polar surface area (TPSA) is 81.4 Å². The van der Waals surface area contributed by atoms with Gasteiger partial charge >= 0.3 is 5.97 Å². The summed E-state index contributed by atoms with van der Waals surface area (Å²) in [6.45, 7) is 3.37. The average Bonchev–Trinajstić information content (AvgIpc) is 2.30. The van der Waals surface area contributed by atoms with Crippen molar-refractivity contribution in [2.75, 3.05) is 19.4 Å². The molecule has 0 aromatic heterocycles. The fraction of sp³-hybridized carbons (Fsp3) is 0.333. The molecule has 0 aliphatic rings. The molecule has 0 radical (unpaired) electrons. The van der Waals surface area contributed by atoms with Gasteiger partial charge < -0.3 is 15.8 Å². The van der Waals surface area contributed by atoms with Gasteiger partial charge in [-0.15, -0.1) is 0 Å². The van der Waals surface area contributed by atoms with Crippen LogP contribution in [0.5, 0.6) is 0 Å². The number of nitrogens with two attached hydrogens (primary N) is 1. The highest BCUT2D eigenvalue weighted by molar-refractivity contribution is 5.93. The Morgan fingerprint density at radius 1 is 1.29 bits per heavy atom. The van der Waals surface area contributed by atoms with E-state index in [1.807, 2.05) is 13.0 Å². The molecule has 1 amide bonds.